The second kappa shape index (κ2) is 11.0. The van der Waals surface area contributed by atoms with Crippen LogP contribution in [0.25, 0.3) is 11.0 Å². The molecule has 2 aromatic carbocycles. The average Bonchev–Trinajstić information content (AvgIpc) is 3.73. The smallest absolute Gasteiger partial charge is 0.270 e. The summed E-state index contributed by atoms with van der Waals surface area (Å²) < 4.78 is 2.55. The minimum atomic E-state index is -0.256. The van der Waals surface area contributed by atoms with Gasteiger partial charge in [-0.2, -0.15) is 5.21 Å². The predicted octanol–water partition coefficient (Wildman–Crippen LogP) is 6.53. The van der Waals surface area contributed by atoms with Gasteiger partial charge < -0.3 is 9.47 Å². The molecule has 0 saturated heterocycles. The summed E-state index contributed by atoms with van der Waals surface area (Å²) in [6.45, 7) is 7.90. The molecule has 6 rings (SSSR count). The van der Waals surface area contributed by atoms with Gasteiger partial charge in [0.25, 0.3) is 11.9 Å². The number of H-pyrrole nitrogens is 1. The van der Waals surface area contributed by atoms with Crippen molar-refractivity contribution in [2.75, 3.05) is 10.2 Å². The van der Waals surface area contributed by atoms with Crippen LogP contribution in [-0.2, 0) is 6.54 Å². The van der Waals surface area contributed by atoms with Crippen molar-refractivity contribution in [2.24, 2.45) is 11.3 Å². The Morgan fingerprint density at radius 1 is 1.00 bits per heavy atom. The molecular formula is C31H40N8O. The standard InChI is InChI=1S/C31H40N8O/c1-31(2,3)23-16-18-24(19-17-23)38(20-21-12-14-22(15-13-21)28(40)33-29-34-36-37-35-29)30-32-26-10-6-7-11-27(26)39(30)25-8-4-5-9-25/h6-7,10-15,23-25H,4-5,8-9,16-20H2,1-3H3,(H2,33,34,35,36,37,40). The lowest BCUT2D eigenvalue weighted by atomic mass is 9.71. The molecule has 2 fully saturated rings. The van der Waals surface area contributed by atoms with E-state index in [0.29, 0.717) is 23.1 Å². The normalized spacial score (nSPS) is 20.2. The van der Waals surface area contributed by atoms with Crippen LogP contribution in [0.15, 0.2) is 48.5 Å². The van der Waals surface area contributed by atoms with Crippen LogP contribution in [0, 0.1) is 11.3 Å². The fourth-order valence-electron chi connectivity index (χ4n) is 6.72. The molecule has 2 aromatic heterocycles. The number of hydrogen-bond acceptors (Lipinski definition) is 6. The lowest BCUT2D eigenvalue weighted by Gasteiger charge is -2.42. The topological polar surface area (TPSA) is 105 Å². The molecule has 9 heteroatoms. The Kier molecular flexibility index (Phi) is 7.29. The summed E-state index contributed by atoms with van der Waals surface area (Å²) in [4.78, 5) is 20.5. The number of fused-ring (bicyclic) bond motifs is 1. The summed E-state index contributed by atoms with van der Waals surface area (Å²) in [5.41, 5.74) is 4.38. The molecular weight excluding hydrogens is 500 g/mol. The van der Waals surface area contributed by atoms with E-state index in [1.165, 1.54) is 62.4 Å². The number of anilines is 2. The van der Waals surface area contributed by atoms with E-state index in [2.05, 4.69) is 92.6 Å². The van der Waals surface area contributed by atoms with Crippen molar-refractivity contribution in [2.45, 2.75) is 90.8 Å². The van der Waals surface area contributed by atoms with Gasteiger partial charge in [-0.3, -0.25) is 10.1 Å². The number of imidazole rings is 1. The van der Waals surface area contributed by atoms with Gasteiger partial charge in [-0.05, 0) is 84.9 Å². The third-order valence-electron chi connectivity index (χ3n) is 9.03. The fraction of sp³-hybridized carbons (Fsp3) is 0.516. The highest BCUT2D eigenvalue weighted by Crippen LogP contribution is 2.42. The van der Waals surface area contributed by atoms with Gasteiger partial charge in [-0.1, -0.05) is 63.0 Å². The summed E-state index contributed by atoms with van der Waals surface area (Å²) in [5, 5.41) is 16.1. The molecule has 2 saturated carbocycles. The van der Waals surface area contributed by atoms with Crippen LogP contribution in [0.3, 0.4) is 0 Å². The van der Waals surface area contributed by atoms with Gasteiger partial charge in [-0.25, -0.2) is 4.98 Å². The van der Waals surface area contributed by atoms with Crippen molar-refractivity contribution in [3.63, 3.8) is 0 Å². The Bertz CT molecular complexity index is 1420. The monoisotopic (exact) mass is 540 g/mol. The zero-order valence-corrected chi connectivity index (χ0v) is 23.8. The van der Waals surface area contributed by atoms with Gasteiger partial charge >= 0.3 is 0 Å². The van der Waals surface area contributed by atoms with Crippen molar-refractivity contribution in [1.82, 2.24) is 30.2 Å². The molecule has 0 radical (unpaired) electrons. The average molecular weight is 541 g/mol. The molecule has 0 spiro atoms. The molecule has 210 valence electrons. The van der Waals surface area contributed by atoms with E-state index in [0.717, 1.165) is 23.9 Å². The van der Waals surface area contributed by atoms with Crippen LogP contribution >= 0.6 is 0 Å². The molecule has 0 aliphatic heterocycles. The largest absolute Gasteiger partial charge is 0.335 e. The van der Waals surface area contributed by atoms with Crippen LogP contribution in [0.1, 0.15) is 94.1 Å². The zero-order valence-electron chi connectivity index (χ0n) is 23.8. The molecule has 2 N–H and O–H groups in total. The number of nitrogens with one attached hydrogen (secondary N) is 2. The Labute approximate surface area is 235 Å². The van der Waals surface area contributed by atoms with Gasteiger partial charge in [0.1, 0.15) is 0 Å². The van der Waals surface area contributed by atoms with Crippen molar-refractivity contribution in [3.05, 3.63) is 59.7 Å². The number of tetrazole rings is 1. The Morgan fingerprint density at radius 2 is 1.73 bits per heavy atom. The Morgan fingerprint density at radius 3 is 2.40 bits per heavy atom. The summed E-state index contributed by atoms with van der Waals surface area (Å²) in [5.74, 6) is 1.76. The highest BCUT2D eigenvalue weighted by atomic mass is 16.1. The van der Waals surface area contributed by atoms with Crippen molar-refractivity contribution < 1.29 is 4.79 Å². The van der Waals surface area contributed by atoms with E-state index in [1.54, 1.807) is 0 Å². The number of carbonyl (C=O) groups is 1. The van der Waals surface area contributed by atoms with E-state index in [9.17, 15) is 4.79 Å². The number of amides is 1. The van der Waals surface area contributed by atoms with Crippen LogP contribution in [0.4, 0.5) is 11.9 Å². The lowest BCUT2D eigenvalue weighted by Crippen LogP contribution is -2.41. The van der Waals surface area contributed by atoms with Gasteiger partial charge in [0.15, 0.2) is 0 Å². The predicted molar refractivity (Wildman–Crippen MR) is 157 cm³/mol. The van der Waals surface area contributed by atoms with Crippen molar-refractivity contribution in [1.29, 1.82) is 0 Å². The molecule has 1 amide bonds. The van der Waals surface area contributed by atoms with E-state index in [4.69, 9.17) is 4.98 Å². The van der Waals surface area contributed by atoms with Crippen LogP contribution in [0.5, 0.6) is 0 Å². The molecule has 9 nitrogen and oxygen atoms in total. The first kappa shape index (κ1) is 26.5. The zero-order chi connectivity index (χ0) is 27.7. The minimum absolute atomic E-state index is 0.164. The summed E-state index contributed by atoms with van der Waals surface area (Å²) >= 11 is 0. The number of carbonyl (C=O) groups excluding carboxylic acids is 1. The van der Waals surface area contributed by atoms with Gasteiger partial charge in [0.05, 0.1) is 11.0 Å². The number of rotatable bonds is 7. The maximum absolute atomic E-state index is 12.7. The first-order valence-corrected chi connectivity index (χ1v) is 14.7. The number of nitrogens with zero attached hydrogens (tertiary/aromatic N) is 6. The van der Waals surface area contributed by atoms with Gasteiger partial charge in [0.2, 0.25) is 5.95 Å². The van der Waals surface area contributed by atoms with Crippen LogP contribution in [-0.4, -0.2) is 42.1 Å². The molecule has 2 heterocycles. The summed E-state index contributed by atoms with van der Waals surface area (Å²) in [6, 6.07) is 17.4. The van der Waals surface area contributed by atoms with E-state index in [-0.39, 0.29) is 11.9 Å². The van der Waals surface area contributed by atoms with Gasteiger partial charge in [-0.15, -0.1) is 5.10 Å². The minimum Gasteiger partial charge on any atom is -0.335 e. The molecule has 0 unspecified atom stereocenters. The first-order valence-electron chi connectivity index (χ1n) is 14.7. The van der Waals surface area contributed by atoms with Crippen LogP contribution < -0.4 is 10.2 Å². The Balaban J connectivity index is 1.31. The lowest BCUT2D eigenvalue weighted by molar-refractivity contribution is 0.102. The second-order valence-electron chi connectivity index (χ2n) is 12.6. The maximum atomic E-state index is 12.7. The molecule has 40 heavy (non-hydrogen) atoms. The van der Waals surface area contributed by atoms with E-state index < -0.39 is 0 Å². The Hall–Kier alpha value is -3.75. The van der Waals surface area contributed by atoms with Crippen LogP contribution in [0.2, 0.25) is 0 Å². The van der Waals surface area contributed by atoms with E-state index in [1.807, 2.05) is 12.1 Å². The molecule has 0 atom stereocenters. The number of hydrogen-bond donors (Lipinski definition) is 2. The number of benzene rings is 2. The summed E-state index contributed by atoms with van der Waals surface area (Å²) in [7, 11) is 0. The molecule has 0 bridgehead atoms. The molecule has 2 aliphatic rings. The first-order chi connectivity index (χ1) is 19.4. The molecule has 2 aliphatic carbocycles. The number of aromatic nitrogens is 6. The maximum Gasteiger partial charge on any atom is 0.270 e. The number of aromatic amines is 1. The summed E-state index contributed by atoms with van der Waals surface area (Å²) in [6.07, 6.45) is 9.79. The number of para-hydroxylation sites is 2. The van der Waals surface area contributed by atoms with Crippen molar-refractivity contribution >= 4 is 28.8 Å². The van der Waals surface area contributed by atoms with Crippen molar-refractivity contribution in [3.8, 4) is 0 Å². The fourth-order valence-corrected chi connectivity index (χ4v) is 6.72. The third-order valence-corrected chi connectivity index (χ3v) is 9.03. The van der Waals surface area contributed by atoms with Gasteiger partial charge in [0, 0.05) is 24.2 Å². The highest BCUT2D eigenvalue weighted by molar-refractivity contribution is 6.03. The second-order valence-corrected chi connectivity index (χ2v) is 12.6. The SMILES string of the molecule is CC(C)(C)C1CCC(N(Cc2ccc(C(=O)Nc3nn[nH]n3)cc2)c2nc3ccccc3n2C2CCCC2)CC1. The third kappa shape index (κ3) is 5.46. The quantitative estimate of drug-likeness (QED) is 0.276. The molecule has 4 aromatic rings. The van der Waals surface area contributed by atoms with E-state index >= 15 is 0 Å². The highest BCUT2D eigenvalue weighted by Gasteiger charge is 2.35.